The number of hydrogen-bond donors (Lipinski definition) is 1. The van der Waals surface area contributed by atoms with Crippen LogP contribution in [-0.4, -0.2) is 34.7 Å². The van der Waals surface area contributed by atoms with Crippen molar-refractivity contribution < 1.29 is 9.59 Å². The van der Waals surface area contributed by atoms with Crippen LogP contribution in [0.1, 0.15) is 51.7 Å². The number of carbonyl (C=O) groups excluding carboxylic acids is 2. The first-order valence-electron chi connectivity index (χ1n) is 10.3. The molecule has 2 heterocycles. The first kappa shape index (κ1) is 20.4. The molecule has 0 radical (unpaired) electrons. The van der Waals surface area contributed by atoms with Crippen LogP contribution in [0.2, 0.25) is 0 Å². The number of nitrogens with one attached hydrogen (secondary N) is 1. The van der Waals surface area contributed by atoms with Crippen molar-refractivity contribution in [2.45, 2.75) is 26.3 Å². The number of piperidine rings is 1. The number of hydrogen-bond acceptors (Lipinski definition) is 5. The van der Waals surface area contributed by atoms with Crippen LogP contribution in [0.5, 0.6) is 0 Å². The van der Waals surface area contributed by atoms with Crippen molar-refractivity contribution in [1.82, 2.24) is 9.88 Å². The van der Waals surface area contributed by atoms with Crippen LogP contribution in [0.15, 0.2) is 60.0 Å². The molecule has 0 spiro atoms. The summed E-state index contributed by atoms with van der Waals surface area (Å²) < 4.78 is 0. The fraction of sp³-hybridized carbons (Fsp3) is 0.292. The number of nitrogens with zero attached hydrogens (tertiary/aromatic N) is 2. The molecule has 1 N–H and O–H groups in total. The van der Waals surface area contributed by atoms with E-state index in [1.54, 1.807) is 36.4 Å². The number of benzene rings is 2. The minimum absolute atomic E-state index is 0.166. The highest BCUT2D eigenvalue weighted by Crippen LogP contribution is 2.22. The van der Waals surface area contributed by atoms with E-state index in [0.717, 1.165) is 31.2 Å². The van der Waals surface area contributed by atoms with E-state index in [1.807, 2.05) is 23.6 Å². The van der Waals surface area contributed by atoms with Crippen molar-refractivity contribution in [1.29, 1.82) is 0 Å². The van der Waals surface area contributed by atoms with Crippen molar-refractivity contribution in [3.05, 3.63) is 82.4 Å². The number of thiazole rings is 1. The fourth-order valence-electron chi connectivity index (χ4n) is 3.67. The molecule has 30 heavy (non-hydrogen) atoms. The summed E-state index contributed by atoms with van der Waals surface area (Å²) in [7, 11) is 0. The Morgan fingerprint density at radius 1 is 1.03 bits per heavy atom. The first-order valence-corrected chi connectivity index (χ1v) is 11.1. The summed E-state index contributed by atoms with van der Waals surface area (Å²) in [6.45, 7) is 5.29. The molecule has 3 aromatic rings. The van der Waals surface area contributed by atoms with Crippen LogP contribution < -0.4 is 5.32 Å². The fourth-order valence-corrected chi connectivity index (χ4v) is 4.37. The van der Waals surface area contributed by atoms with Crippen LogP contribution >= 0.6 is 11.3 Å². The van der Waals surface area contributed by atoms with Gasteiger partial charge in [-0.15, -0.1) is 11.3 Å². The molecule has 4 rings (SSSR count). The number of ketones is 1. The number of aromatic nitrogens is 1. The van der Waals surface area contributed by atoms with E-state index >= 15 is 0 Å². The zero-order chi connectivity index (χ0) is 20.9. The summed E-state index contributed by atoms with van der Waals surface area (Å²) in [5.41, 5.74) is 2.28. The van der Waals surface area contributed by atoms with Gasteiger partial charge in [-0.2, -0.15) is 0 Å². The van der Waals surface area contributed by atoms with Crippen molar-refractivity contribution in [2.24, 2.45) is 5.92 Å². The molecule has 154 valence electrons. The van der Waals surface area contributed by atoms with Gasteiger partial charge in [0, 0.05) is 23.1 Å². The molecule has 5 nitrogen and oxygen atoms in total. The van der Waals surface area contributed by atoms with E-state index in [1.165, 1.54) is 24.2 Å². The summed E-state index contributed by atoms with van der Waals surface area (Å²) in [4.78, 5) is 32.8. The average Bonchev–Trinajstić information content (AvgIpc) is 3.22. The molecule has 1 fully saturated rings. The van der Waals surface area contributed by atoms with Crippen molar-refractivity contribution in [3.63, 3.8) is 0 Å². The minimum atomic E-state index is -0.317. The highest BCUT2D eigenvalue weighted by atomic mass is 32.1. The van der Waals surface area contributed by atoms with Gasteiger partial charge in [0.25, 0.3) is 5.91 Å². The Bertz CT molecular complexity index is 1020. The molecule has 0 atom stereocenters. The largest absolute Gasteiger partial charge is 0.298 e. The lowest BCUT2D eigenvalue weighted by molar-refractivity contribution is 0.0996. The molecular weight excluding hydrogens is 394 g/mol. The van der Waals surface area contributed by atoms with Gasteiger partial charge in [0.2, 0.25) is 0 Å². The quantitative estimate of drug-likeness (QED) is 0.580. The van der Waals surface area contributed by atoms with Crippen LogP contribution in [0.4, 0.5) is 5.13 Å². The van der Waals surface area contributed by atoms with E-state index in [-0.39, 0.29) is 11.7 Å². The van der Waals surface area contributed by atoms with Crippen LogP contribution in [-0.2, 0) is 6.54 Å². The van der Waals surface area contributed by atoms with Gasteiger partial charge in [0.1, 0.15) is 0 Å². The molecule has 2 aromatic carbocycles. The third-order valence-corrected chi connectivity index (χ3v) is 6.29. The number of likely N-dealkylation sites (tertiary alicyclic amines) is 1. The zero-order valence-corrected chi connectivity index (χ0v) is 17.8. The Morgan fingerprint density at radius 3 is 2.43 bits per heavy atom. The first-order chi connectivity index (χ1) is 14.6. The molecule has 1 aliphatic heterocycles. The molecule has 1 saturated heterocycles. The predicted molar refractivity (Wildman–Crippen MR) is 120 cm³/mol. The van der Waals surface area contributed by atoms with Crippen molar-refractivity contribution in [2.75, 3.05) is 18.4 Å². The zero-order valence-electron chi connectivity index (χ0n) is 17.0. The van der Waals surface area contributed by atoms with E-state index in [0.29, 0.717) is 21.8 Å². The maximum Gasteiger partial charge on any atom is 0.258 e. The molecule has 1 amide bonds. The third-order valence-electron chi connectivity index (χ3n) is 5.49. The van der Waals surface area contributed by atoms with Gasteiger partial charge in [0.15, 0.2) is 10.9 Å². The smallest absolute Gasteiger partial charge is 0.258 e. The van der Waals surface area contributed by atoms with Gasteiger partial charge in [-0.3, -0.25) is 19.8 Å². The standard InChI is InChI=1S/C24H25N3O2S/c1-17-11-13-27(14-12-17)15-19-16-30-24(25-19)26-23(29)21-10-6-5-9-20(21)22(28)18-7-3-2-4-8-18/h2-10,16-17H,11-15H2,1H3,(H,25,26,29). The second-order valence-corrected chi connectivity index (χ2v) is 8.66. The Morgan fingerprint density at radius 2 is 1.70 bits per heavy atom. The van der Waals surface area contributed by atoms with Gasteiger partial charge < -0.3 is 0 Å². The molecule has 6 heteroatoms. The lowest BCUT2D eigenvalue weighted by atomic mass is 9.98. The number of amides is 1. The molecule has 0 unspecified atom stereocenters. The van der Waals surface area contributed by atoms with Crippen LogP contribution in [0.25, 0.3) is 0 Å². The average molecular weight is 420 g/mol. The summed E-state index contributed by atoms with van der Waals surface area (Å²) in [5.74, 6) is 0.313. The van der Waals surface area contributed by atoms with E-state index in [4.69, 9.17) is 0 Å². The maximum atomic E-state index is 12.9. The molecule has 0 saturated carbocycles. The molecule has 0 bridgehead atoms. The Kier molecular flexibility index (Phi) is 6.35. The summed E-state index contributed by atoms with van der Waals surface area (Å²) in [6, 6.07) is 15.9. The van der Waals surface area contributed by atoms with Gasteiger partial charge in [-0.1, -0.05) is 55.5 Å². The van der Waals surface area contributed by atoms with Crippen molar-refractivity contribution >= 4 is 28.2 Å². The SMILES string of the molecule is CC1CCN(Cc2csc(NC(=O)c3ccccc3C(=O)c3ccccc3)n2)CC1. The summed E-state index contributed by atoms with van der Waals surface area (Å²) >= 11 is 1.42. The second-order valence-electron chi connectivity index (χ2n) is 7.80. The van der Waals surface area contributed by atoms with Crippen LogP contribution in [0.3, 0.4) is 0 Å². The van der Waals surface area contributed by atoms with E-state index in [9.17, 15) is 9.59 Å². The molecular formula is C24H25N3O2S. The molecule has 0 aliphatic carbocycles. The third kappa shape index (κ3) is 4.83. The maximum absolute atomic E-state index is 12.9. The lowest BCUT2D eigenvalue weighted by Gasteiger charge is -2.29. The lowest BCUT2D eigenvalue weighted by Crippen LogP contribution is -2.32. The minimum Gasteiger partial charge on any atom is -0.298 e. The van der Waals surface area contributed by atoms with E-state index < -0.39 is 0 Å². The number of rotatable bonds is 6. The highest BCUT2D eigenvalue weighted by Gasteiger charge is 2.20. The molecule has 1 aromatic heterocycles. The van der Waals surface area contributed by atoms with Gasteiger partial charge >= 0.3 is 0 Å². The topological polar surface area (TPSA) is 62.3 Å². The second kappa shape index (κ2) is 9.32. The number of carbonyl (C=O) groups is 2. The normalized spacial score (nSPS) is 15.1. The Balaban J connectivity index is 1.45. The number of anilines is 1. The molecule has 1 aliphatic rings. The van der Waals surface area contributed by atoms with Crippen LogP contribution in [0, 0.1) is 5.92 Å². The highest BCUT2D eigenvalue weighted by molar-refractivity contribution is 7.14. The summed E-state index contributed by atoms with van der Waals surface area (Å²) in [5, 5.41) is 5.42. The van der Waals surface area contributed by atoms with Gasteiger partial charge in [0.05, 0.1) is 11.3 Å². The predicted octanol–water partition coefficient (Wildman–Crippen LogP) is 4.86. The van der Waals surface area contributed by atoms with E-state index in [2.05, 4.69) is 22.1 Å². The monoisotopic (exact) mass is 419 g/mol. The Hall–Kier alpha value is -2.83. The van der Waals surface area contributed by atoms with Gasteiger partial charge in [-0.05, 0) is 37.9 Å². The summed E-state index contributed by atoms with van der Waals surface area (Å²) in [6.07, 6.45) is 2.44. The Labute approximate surface area is 180 Å². The van der Waals surface area contributed by atoms with Gasteiger partial charge in [-0.25, -0.2) is 4.98 Å². The van der Waals surface area contributed by atoms with Crippen molar-refractivity contribution in [3.8, 4) is 0 Å².